The van der Waals surface area contributed by atoms with Gasteiger partial charge >= 0.3 is 0 Å². The number of hydrogen-bond donors (Lipinski definition) is 0. The third kappa shape index (κ3) is 5.08. The smallest absolute Gasteiger partial charge is 0.220 e. The molecular weight excluding hydrogens is 376 g/mol. The van der Waals surface area contributed by atoms with Crippen LogP contribution in [0.4, 0.5) is 8.78 Å². The van der Waals surface area contributed by atoms with Gasteiger partial charge in [-0.15, -0.1) is 0 Å². The van der Waals surface area contributed by atoms with E-state index >= 15 is 0 Å². The van der Waals surface area contributed by atoms with Crippen LogP contribution in [0.15, 0.2) is 18.2 Å². The molecule has 0 amide bonds. The van der Waals surface area contributed by atoms with Crippen molar-refractivity contribution in [3.8, 4) is 5.88 Å². The molecule has 156 valence electrons. The lowest BCUT2D eigenvalue weighted by Gasteiger charge is -2.33. The van der Waals surface area contributed by atoms with Crippen LogP contribution in [0.25, 0.3) is 0 Å². The van der Waals surface area contributed by atoms with Crippen LogP contribution in [-0.4, -0.2) is 47.3 Å². The quantitative estimate of drug-likeness (QED) is 0.765. The van der Waals surface area contributed by atoms with Gasteiger partial charge in [-0.2, -0.15) is 4.98 Å². The van der Waals surface area contributed by atoms with Gasteiger partial charge in [0.25, 0.3) is 0 Å². The number of likely N-dealkylation sites (tertiary alicyclic amines) is 1. The Hall–Kier alpha value is -2.12. The topological polar surface area (TPSA) is 47.5 Å². The number of halogens is 2. The molecule has 2 aliphatic rings. The summed E-state index contributed by atoms with van der Waals surface area (Å²) in [6, 6.07) is 3.69. The summed E-state index contributed by atoms with van der Waals surface area (Å²) >= 11 is 0. The predicted octanol–water partition coefficient (Wildman–Crippen LogP) is 3.48. The Labute approximate surface area is 170 Å². The zero-order valence-electron chi connectivity index (χ0n) is 16.8. The van der Waals surface area contributed by atoms with Crippen LogP contribution in [0.5, 0.6) is 5.88 Å². The first-order valence-corrected chi connectivity index (χ1v) is 10.4. The number of nitrogens with zero attached hydrogens (tertiary/aromatic N) is 3. The van der Waals surface area contributed by atoms with Crippen molar-refractivity contribution in [3.05, 3.63) is 52.5 Å². The highest BCUT2D eigenvalue weighted by Crippen LogP contribution is 2.26. The molecule has 0 spiro atoms. The number of aromatic nitrogens is 2. The molecule has 0 N–H and O–H groups in total. The maximum absolute atomic E-state index is 13.5. The van der Waals surface area contributed by atoms with Gasteiger partial charge in [0.2, 0.25) is 5.88 Å². The summed E-state index contributed by atoms with van der Waals surface area (Å²) in [5.41, 5.74) is 2.74. The van der Waals surface area contributed by atoms with E-state index in [1.54, 1.807) is 0 Å². The van der Waals surface area contributed by atoms with Crippen molar-refractivity contribution in [3.63, 3.8) is 0 Å². The van der Waals surface area contributed by atoms with Crippen molar-refractivity contribution in [2.45, 2.75) is 51.7 Å². The van der Waals surface area contributed by atoms with Crippen molar-refractivity contribution >= 4 is 0 Å². The molecule has 1 unspecified atom stereocenters. The van der Waals surface area contributed by atoms with Gasteiger partial charge in [-0.25, -0.2) is 13.8 Å². The molecule has 0 saturated carbocycles. The summed E-state index contributed by atoms with van der Waals surface area (Å²) in [6.45, 7) is 5.46. The molecule has 1 saturated heterocycles. The van der Waals surface area contributed by atoms with E-state index in [1.165, 1.54) is 12.1 Å². The van der Waals surface area contributed by atoms with Gasteiger partial charge < -0.3 is 9.47 Å². The van der Waals surface area contributed by atoms with Crippen molar-refractivity contribution in [1.29, 1.82) is 0 Å². The van der Waals surface area contributed by atoms with Gasteiger partial charge in [0.15, 0.2) is 0 Å². The van der Waals surface area contributed by atoms with Crippen LogP contribution in [0.1, 0.15) is 42.4 Å². The van der Waals surface area contributed by atoms with Crippen LogP contribution < -0.4 is 4.74 Å². The molecule has 0 radical (unpaired) electrons. The fourth-order valence-electron chi connectivity index (χ4n) is 4.09. The molecule has 4 rings (SSSR count). The molecule has 29 heavy (non-hydrogen) atoms. The Balaban J connectivity index is 1.48. The number of hydrogen-bond acceptors (Lipinski definition) is 5. The fourth-order valence-corrected chi connectivity index (χ4v) is 4.09. The zero-order chi connectivity index (χ0) is 20.2. The van der Waals surface area contributed by atoms with Crippen LogP contribution in [0.2, 0.25) is 0 Å². The SMILES string of the molecule is CCc1nc2c(c(OC3CCCN(Cc4cc(F)cc(F)c4)C3)n1)CCOCC2. The van der Waals surface area contributed by atoms with Gasteiger partial charge in [0.1, 0.15) is 23.6 Å². The van der Waals surface area contributed by atoms with E-state index in [-0.39, 0.29) is 6.10 Å². The highest BCUT2D eigenvalue weighted by molar-refractivity contribution is 5.32. The van der Waals surface area contributed by atoms with E-state index in [9.17, 15) is 8.78 Å². The molecule has 2 aromatic rings. The molecule has 0 aliphatic carbocycles. The Morgan fingerprint density at radius 1 is 1.14 bits per heavy atom. The first kappa shape index (κ1) is 20.2. The van der Waals surface area contributed by atoms with Gasteiger partial charge in [0.05, 0.1) is 18.9 Å². The molecular formula is C22H27F2N3O2. The van der Waals surface area contributed by atoms with Crippen LogP contribution in [0.3, 0.4) is 0 Å². The van der Waals surface area contributed by atoms with Crippen molar-refractivity contribution < 1.29 is 18.3 Å². The van der Waals surface area contributed by atoms with Crippen LogP contribution in [0, 0.1) is 11.6 Å². The zero-order valence-corrected chi connectivity index (χ0v) is 16.8. The highest BCUT2D eigenvalue weighted by Gasteiger charge is 2.25. The number of piperidine rings is 1. The van der Waals surface area contributed by atoms with E-state index in [1.807, 2.05) is 6.92 Å². The third-order valence-corrected chi connectivity index (χ3v) is 5.47. The predicted molar refractivity (Wildman–Crippen MR) is 105 cm³/mol. The molecule has 1 aromatic heterocycles. The monoisotopic (exact) mass is 403 g/mol. The van der Waals surface area contributed by atoms with E-state index < -0.39 is 11.6 Å². The second-order valence-corrected chi connectivity index (χ2v) is 7.73. The lowest BCUT2D eigenvalue weighted by atomic mass is 10.1. The minimum absolute atomic E-state index is 0.00460. The lowest BCUT2D eigenvalue weighted by molar-refractivity contribution is 0.0792. The van der Waals surface area contributed by atoms with E-state index in [4.69, 9.17) is 9.47 Å². The summed E-state index contributed by atoms with van der Waals surface area (Å²) in [5, 5.41) is 0. The minimum Gasteiger partial charge on any atom is -0.473 e. The molecule has 5 nitrogen and oxygen atoms in total. The summed E-state index contributed by atoms with van der Waals surface area (Å²) in [5.74, 6) is 0.398. The van der Waals surface area contributed by atoms with Gasteiger partial charge in [-0.05, 0) is 37.1 Å². The van der Waals surface area contributed by atoms with Crippen LogP contribution in [-0.2, 0) is 30.5 Å². The first-order chi connectivity index (χ1) is 14.1. The second kappa shape index (κ2) is 9.13. The molecule has 2 aliphatic heterocycles. The van der Waals surface area contributed by atoms with Crippen molar-refractivity contribution in [2.75, 3.05) is 26.3 Å². The largest absolute Gasteiger partial charge is 0.473 e. The van der Waals surface area contributed by atoms with Crippen LogP contribution >= 0.6 is 0 Å². The number of benzene rings is 1. The van der Waals surface area contributed by atoms with E-state index in [0.717, 1.165) is 61.8 Å². The fraction of sp³-hybridized carbons (Fsp3) is 0.545. The Morgan fingerprint density at radius 2 is 1.93 bits per heavy atom. The second-order valence-electron chi connectivity index (χ2n) is 7.73. The molecule has 0 bridgehead atoms. The minimum atomic E-state index is -0.539. The van der Waals surface area contributed by atoms with Gasteiger partial charge in [-0.1, -0.05) is 6.92 Å². The Kier molecular flexibility index (Phi) is 6.35. The van der Waals surface area contributed by atoms with E-state index in [2.05, 4.69) is 14.9 Å². The average molecular weight is 403 g/mol. The van der Waals surface area contributed by atoms with Crippen molar-refractivity contribution in [1.82, 2.24) is 14.9 Å². The number of rotatable bonds is 5. The molecule has 3 heterocycles. The first-order valence-electron chi connectivity index (χ1n) is 10.4. The normalized spacial score (nSPS) is 20.2. The molecule has 1 atom stereocenters. The summed E-state index contributed by atoms with van der Waals surface area (Å²) in [6.07, 6.45) is 4.20. The number of ether oxygens (including phenoxy) is 2. The number of aryl methyl sites for hydroxylation is 1. The molecule has 7 heteroatoms. The summed E-state index contributed by atoms with van der Waals surface area (Å²) < 4.78 is 39.0. The van der Waals surface area contributed by atoms with Gasteiger partial charge in [0, 0.05) is 44.0 Å². The molecule has 1 fully saturated rings. The standard InChI is InChI=1S/C22H27F2N3O2/c1-2-21-25-20-6-9-28-8-5-19(20)22(26-21)29-18-4-3-7-27(14-18)13-15-10-16(23)12-17(24)11-15/h10-12,18H,2-9,13-14H2,1H3. The maximum atomic E-state index is 13.5. The summed E-state index contributed by atoms with van der Waals surface area (Å²) in [4.78, 5) is 11.5. The Morgan fingerprint density at radius 3 is 2.72 bits per heavy atom. The number of fused-ring (bicyclic) bond motifs is 1. The average Bonchev–Trinajstić information content (AvgIpc) is 2.93. The Bertz CT molecular complexity index is 842. The van der Waals surface area contributed by atoms with Gasteiger partial charge in [-0.3, -0.25) is 4.90 Å². The maximum Gasteiger partial charge on any atom is 0.220 e. The van der Waals surface area contributed by atoms with E-state index in [0.29, 0.717) is 37.7 Å². The molecule has 1 aromatic carbocycles. The lowest BCUT2D eigenvalue weighted by Crippen LogP contribution is -2.41. The third-order valence-electron chi connectivity index (χ3n) is 5.47. The van der Waals surface area contributed by atoms with Crippen molar-refractivity contribution in [2.24, 2.45) is 0 Å². The highest BCUT2D eigenvalue weighted by atomic mass is 19.1. The summed E-state index contributed by atoms with van der Waals surface area (Å²) in [7, 11) is 0.